The van der Waals surface area contributed by atoms with Crippen molar-refractivity contribution in [2.75, 3.05) is 11.9 Å². The van der Waals surface area contributed by atoms with Crippen molar-refractivity contribution in [2.45, 2.75) is 12.6 Å². The molecule has 1 aromatic heterocycles. The summed E-state index contributed by atoms with van der Waals surface area (Å²) in [6.07, 6.45) is 1.97. The van der Waals surface area contributed by atoms with Gasteiger partial charge in [-0.1, -0.05) is 24.3 Å². The largest absolute Gasteiger partial charge is 0.376 e. The fourth-order valence-corrected chi connectivity index (χ4v) is 2.85. The fourth-order valence-electron chi connectivity index (χ4n) is 2.85. The molecule has 0 saturated heterocycles. The number of aromatic amines is 1. The first-order chi connectivity index (χ1) is 9.90. The molecule has 3 heteroatoms. The summed E-state index contributed by atoms with van der Waals surface area (Å²) in [5, 5.41) is 4.80. The quantitative estimate of drug-likeness (QED) is 0.737. The van der Waals surface area contributed by atoms with Gasteiger partial charge in [-0.3, -0.25) is 0 Å². The maximum Gasteiger partial charge on any atom is 0.0751 e. The molecule has 0 fully saturated rings. The van der Waals surface area contributed by atoms with E-state index in [1.165, 1.54) is 16.5 Å². The molecule has 0 bridgehead atoms. The third-order valence-electron chi connectivity index (χ3n) is 3.87. The van der Waals surface area contributed by atoms with Gasteiger partial charge >= 0.3 is 0 Å². The third kappa shape index (κ3) is 1.96. The summed E-state index contributed by atoms with van der Waals surface area (Å²) in [5.41, 5.74) is 4.91. The Morgan fingerprint density at radius 3 is 3.05 bits per heavy atom. The van der Waals surface area contributed by atoms with Gasteiger partial charge in [-0.05, 0) is 35.4 Å². The molecule has 3 aromatic rings. The Labute approximate surface area is 117 Å². The van der Waals surface area contributed by atoms with Gasteiger partial charge in [0.25, 0.3) is 0 Å². The van der Waals surface area contributed by atoms with Crippen LogP contribution in [0.5, 0.6) is 0 Å². The zero-order chi connectivity index (χ0) is 13.4. The SMILES string of the molecule is c1ccc2c(c1)COCC2Nc1ccc2[nH]ccc2c1. The molecule has 0 saturated carbocycles. The zero-order valence-electron chi connectivity index (χ0n) is 11.1. The van der Waals surface area contributed by atoms with Crippen molar-refractivity contribution in [2.24, 2.45) is 0 Å². The summed E-state index contributed by atoms with van der Waals surface area (Å²) >= 11 is 0. The van der Waals surface area contributed by atoms with E-state index in [-0.39, 0.29) is 6.04 Å². The van der Waals surface area contributed by atoms with Crippen molar-refractivity contribution >= 4 is 16.6 Å². The molecule has 1 aliphatic rings. The van der Waals surface area contributed by atoms with Gasteiger partial charge < -0.3 is 15.0 Å². The Hall–Kier alpha value is -2.26. The number of aromatic nitrogens is 1. The number of rotatable bonds is 2. The molecule has 0 spiro atoms. The zero-order valence-corrected chi connectivity index (χ0v) is 11.1. The second-order valence-electron chi connectivity index (χ2n) is 5.19. The maximum absolute atomic E-state index is 5.68. The summed E-state index contributed by atoms with van der Waals surface area (Å²) in [6.45, 7) is 1.42. The molecule has 20 heavy (non-hydrogen) atoms. The fraction of sp³-hybridized carbons (Fsp3) is 0.176. The van der Waals surface area contributed by atoms with E-state index < -0.39 is 0 Å². The second-order valence-corrected chi connectivity index (χ2v) is 5.19. The van der Waals surface area contributed by atoms with Crippen LogP contribution in [-0.2, 0) is 11.3 Å². The smallest absolute Gasteiger partial charge is 0.0751 e. The van der Waals surface area contributed by atoms with Crippen LogP contribution in [0.15, 0.2) is 54.7 Å². The number of anilines is 1. The van der Waals surface area contributed by atoms with E-state index in [2.05, 4.69) is 58.8 Å². The topological polar surface area (TPSA) is 37.0 Å². The lowest BCUT2D eigenvalue weighted by Crippen LogP contribution is -2.23. The average Bonchev–Trinajstić information content (AvgIpc) is 2.95. The van der Waals surface area contributed by atoms with E-state index in [0.29, 0.717) is 13.2 Å². The van der Waals surface area contributed by atoms with E-state index in [0.717, 1.165) is 11.2 Å². The average molecular weight is 264 g/mol. The predicted octanol–water partition coefficient (Wildman–Crippen LogP) is 3.85. The maximum atomic E-state index is 5.68. The summed E-state index contributed by atoms with van der Waals surface area (Å²) in [4.78, 5) is 3.21. The van der Waals surface area contributed by atoms with Crippen molar-refractivity contribution in [3.05, 3.63) is 65.9 Å². The van der Waals surface area contributed by atoms with Crippen LogP contribution in [0.2, 0.25) is 0 Å². The molecule has 2 heterocycles. The summed E-state index contributed by atoms with van der Waals surface area (Å²) in [7, 11) is 0. The Balaban J connectivity index is 1.66. The van der Waals surface area contributed by atoms with Crippen LogP contribution in [0.25, 0.3) is 10.9 Å². The minimum atomic E-state index is 0.219. The second kappa shape index (κ2) is 4.69. The molecule has 2 aromatic carbocycles. The molecule has 1 aliphatic heterocycles. The van der Waals surface area contributed by atoms with Crippen LogP contribution in [0, 0.1) is 0 Å². The number of H-pyrrole nitrogens is 1. The molecule has 0 aliphatic carbocycles. The van der Waals surface area contributed by atoms with Crippen LogP contribution < -0.4 is 5.32 Å². The number of benzene rings is 2. The normalized spacial score (nSPS) is 17.9. The van der Waals surface area contributed by atoms with Gasteiger partial charge in [0.05, 0.1) is 19.3 Å². The van der Waals surface area contributed by atoms with Crippen LogP contribution in [0.4, 0.5) is 5.69 Å². The van der Waals surface area contributed by atoms with Crippen molar-refractivity contribution in [3.63, 3.8) is 0 Å². The summed E-state index contributed by atoms with van der Waals surface area (Å²) in [5.74, 6) is 0. The lowest BCUT2D eigenvalue weighted by molar-refractivity contribution is 0.0970. The van der Waals surface area contributed by atoms with Gasteiger partial charge in [-0.2, -0.15) is 0 Å². The number of ether oxygens (including phenoxy) is 1. The molecule has 2 N–H and O–H groups in total. The summed E-state index contributed by atoms with van der Waals surface area (Å²) < 4.78 is 5.68. The summed E-state index contributed by atoms with van der Waals surface area (Å²) in [6, 6.07) is 17.2. The highest BCUT2D eigenvalue weighted by Crippen LogP contribution is 2.28. The molecule has 4 rings (SSSR count). The molecular weight excluding hydrogens is 248 g/mol. The molecule has 1 unspecified atom stereocenters. The molecule has 0 amide bonds. The van der Waals surface area contributed by atoms with E-state index >= 15 is 0 Å². The Kier molecular flexibility index (Phi) is 2.71. The lowest BCUT2D eigenvalue weighted by Gasteiger charge is -2.27. The molecule has 3 nitrogen and oxygen atoms in total. The van der Waals surface area contributed by atoms with E-state index in [9.17, 15) is 0 Å². The Bertz CT molecular complexity index is 747. The number of hydrogen-bond donors (Lipinski definition) is 2. The van der Waals surface area contributed by atoms with Crippen molar-refractivity contribution < 1.29 is 4.74 Å². The number of hydrogen-bond acceptors (Lipinski definition) is 2. The molecule has 1 atom stereocenters. The van der Waals surface area contributed by atoms with Crippen LogP contribution in [-0.4, -0.2) is 11.6 Å². The van der Waals surface area contributed by atoms with E-state index in [1.807, 2.05) is 6.20 Å². The van der Waals surface area contributed by atoms with Crippen molar-refractivity contribution in [1.82, 2.24) is 4.98 Å². The first-order valence-electron chi connectivity index (χ1n) is 6.89. The van der Waals surface area contributed by atoms with Gasteiger partial charge in [0.15, 0.2) is 0 Å². The highest BCUT2D eigenvalue weighted by Gasteiger charge is 2.19. The first kappa shape index (κ1) is 11.6. The Morgan fingerprint density at radius 2 is 2.05 bits per heavy atom. The van der Waals surface area contributed by atoms with E-state index in [1.54, 1.807) is 0 Å². The van der Waals surface area contributed by atoms with Crippen molar-refractivity contribution in [3.8, 4) is 0 Å². The molecule has 100 valence electrons. The molecular formula is C17H16N2O. The van der Waals surface area contributed by atoms with Gasteiger partial charge in [-0.15, -0.1) is 0 Å². The monoisotopic (exact) mass is 264 g/mol. The minimum absolute atomic E-state index is 0.219. The van der Waals surface area contributed by atoms with Gasteiger partial charge in [0, 0.05) is 22.8 Å². The van der Waals surface area contributed by atoms with Gasteiger partial charge in [0.2, 0.25) is 0 Å². The van der Waals surface area contributed by atoms with Gasteiger partial charge in [-0.25, -0.2) is 0 Å². The van der Waals surface area contributed by atoms with Crippen LogP contribution in [0.3, 0.4) is 0 Å². The predicted molar refractivity (Wildman–Crippen MR) is 80.8 cm³/mol. The van der Waals surface area contributed by atoms with E-state index in [4.69, 9.17) is 4.74 Å². The molecule has 0 radical (unpaired) electrons. The standard InChI is InChI=1S/C17H16N2O/c1-2-4-15-13(3-1)10-20-11-17(15)19-14-5-6-16-12(9-14)7-8-18-16/h1-9,17-19H,10-11H2. The lowest BCUT2D eigenvalue weighted by atomic mass is 9.99. The van der Waals surface area contributed by atoms with Crippen molar-refractivity contribution in [1.29, 1.82) is 0 Å². The highest BCUT2D eigenvalue weighted by atomic mass is 16.5. The Morgan fingerprint density at radius 1 is 1.10 bits per heavy atom. The van der Waals surface area contributed by atoms with Crippen LogP contribution in [0.1, 0.15) is 17.2 Å². The first-order valence-corrected chi connectivity index (χ1v) is 6.89. The third-order valence-corrected chi connectivity index (χ3v) is 3.87. The number of fused-ring (bicyclic) bond motifs is 2. The van der Waals surface area contributed by atoms with Gasteiger partial charge in [0.1, 0.15) is 0 Å². The minimum Gasteiger partial charge on any atom is -0.376 e. The highest BCUT2D eigenvalue weighted by molar-refractivity contribution is 5.83. The van der Waals surface area contributed by atoms with Crippen LogP contribution >= 0.6 is 0 Å². The number of nitrogens with one attached hydrogen (secondary N) is 2.